The zero-order valence-electron chi connectivity index (χ0n) is 14.7. The molecule has 0 unspecified atom stereocenters. The van der Waals surface area contributed by atoms with Gasteiger partial charge in [-0.05, 0) is 61.5 Å². The Labute approximate surface area is 157 Å². The summed E-state index contributed by atoms with van der Waals surface area (Å²) < 4.78 is 1.96. The first-order valence-corrected chi connectivity index (χ1v) is 8.58. The lowest BCUT2D eigenvalue weighted by Crippen LogP contribution is -2.53. The smallest absolute Gasteiger partial charge is 0.266 e. The third-order valence-electron chi connectivity index (χ3n) is 4.41. The van der Waals surface area contributed by atoms with Gasteiger partial charge in [0.05, 0.1) is 0 Å². The van der Waals surface area contributed by atoms with Crippen LogP contribution in [-0.4, -0.2) is 32.9 Å². The average Bonchev–Trinajstić information content (AvgIpc) is 3.06. The predicted octanol–water partition coefficient (Wildman–Crippen LogP) is 2.91. The fourth-order valence-electron chi connectivity index (χ4n) is 2.86. The molecular weight excluding hydrogens is 346 g/mol. The number of rotatable bonds is 4. The van der Waals surface area contributed by atoms with E-state index in [9.17, 15) is 9.59 Å². The number of amides is 2. The molecule has 2 amide bonds. The van der Waals surface area contributed by atoms with Crippen molar-refractivity contribution in [3.05, 3.63) is 71.6 Å². The molecule has 6 heteroatoms. The van der Waals surface area contributed by atoms with Gasteiger partial charge in [0, 0.05) is 24.1 Å². The van der Waals surface area contributed by atoms with Crippen molar-refractivity contribution in [2.45, 2.75) is 13.8 Å². The number of carbonyl (C=O) groups is 2. The lowest BCUT2D eigenvalue weighted by molar-refractivity contribution is -0.128. The van der Waals surface area contributed by atoms with E-state index in [1.54, 1.807) is 12.2 Å². The van der Waals surface area contributed by atoms with Crippen LogP contribution >= 0.6 is 12.2 Å². The van der Waals surface area contributed by atoms with Gasteiger partial charge in [-0.1, -0.05) is 18.2 Å². The minimum atomic E-state index is -0.492. The van der Waals surface area contributed by atoms with Gasteiger partial charge < -0.3 is 4.57 Å². The number of nitrogens with one attached hydrogen (secondary N) is 1. The zero-order chi connectivity index (χ0) is 18.8. The van der Waals surface area contributed by atoms with E-state index in [-0.39, 0.29) is 17.2 Å². The van der Waals surface area contributed by atoms with Crippen molar-refractivity contribution < 1.29 is 9.59 Å². The van der Waals surface area contributed by atoms with Crippen molar-refractivity contribution in [1.29, 1.82) is 0 Å². The molecule has 0 saturated carbocycles. The zero-order valence-corrected chi connectivity index (χ0v) is 15.5. The maximum Gasteiger partial charge on any atom is 0.266 e. The summed E-state index contributed by atoms with van der Waals surface area (Å²) in [6.45, 7) is 7.96. The van der Waals surface area contributed by atoms with Crippen LogP contribution in [0.15, 0.2) is 54.8 Å². The Morgan fingerprint density at radius 1 is 1.19 bits per heavy atom. The summed E-state index contributed by atoms with van der Waals surface area (Å²) in [4.78, 5) is 26.3. The van der Waals surface area contributed by atoms with Crippen LogP contribution in [0.25, 0.3) is 11.8 Å². The highest BCUT2D eigenvalue weighted by Crippen LogP contribution is 2.22. The molecule has 0 spiro atoms. The van der Waals surface area contributed by atoms with Crippen LogP contribution < -0.4 is 5.32 Å². The quantitative estimate of drug-likeness (QED) is 0.392. The molecule has 3 rings (SSSR count). The van der Waals surface area contributed by atoms with E-state index >= 15 is 0 Å². The van der Waals surface area contributed by atoms with Gasteiger partial charge in [-0.2, -0.15) is 0 Å². The monoisotopic (exact) mass is 365 g/mol. The van der Waals surface area contributed by atoms with Crippen LogP contribution in [0.2, 0.25) is 0 Å². The molecule has 1 saturated heterocycles. The molecule has 1 aliphatic rings. The molecule has 1 aromatic heterocycles. The summed E-state index contributed by atoms with van der Waals surface area (Å²) in [7, 11) is 0. The molecule has 26 heavy (non-hydrogen) atoms. The topological polar surface area (TPSA) is 54.3 Å². The summed E-state index contributed by atoms with van der Waals surface area (Å²) in [5.41, 5.74) is 4.10. The van der Waals surface area contributed by atoms with Gasteiger partial charge in [-0.25, -0.2) is 0 Å². The van der Waals surface area contributed by atoms with Gasteiger partial charge in [0.1, 0.15) is 5.57 Å². The Hall–Kier alpha value is -2.99. The molecule has 0 atom stereocenters. The second-order valence-electron chi connectivity index (χ2n) is 6.04. The molecule has 1 fully saturated rings. The van der Waals surface area contributed by atoms with Crippen molar-refractivity contribution in [2.75, 3.05) is 6.54 Å². The highest BCUT2D eigenvalue weighted by Gasteiger charge is 2.32. The number of hydrogen-bond donors (Lipinski definition) is 1. The van der Waals surface area contributed by atoms with Gasteiger partial charge in [0.15, 0.2) is 5.11 Å². The SMILES string of the molecule is C=CCN1C(=O)/C(=C/c2cccn2-c2cccc(C)c2C)C(=O)NC1=S. The van der Waals surface area contributed by atoms with E-state index in [1.807, 2.05) is 54.9 Å². The highest BCUT2D eigenvalue weighted by molar-refractivity contribution is 7.80. The van der Waals surface area contributed by atoms with Crippen LogP contribution in [0.1, 0.15) is 16.8 Å². The summed E-state index contributed by atoms with van der Waals surface area (Å²) in [6, 6.07) is 9.78. The summed E-state index contributed by atoms with van der Waals surface area (Å²) in [5.74, 6) is -0.915. The Balaban J connectivity index is 2.06. The van der Waals surface area contributed by atoms with Crippen molar-refractivity contribution in [3.63, 3.8) is 0 Å². The number of hydrogen-bond acceptors (Lipinski definition) is 3. The molecule has 1 aliphatic heterocycles. The largest absolute Gasteiger partial charge is 0.317 e. The van der Waals surface area contributed by atoms with Crippen molar-refractivity contribution in [2.24, 2.45) is 0 Å². The van der Waals surface area contributed by atoms with Crippen molar-refractivity contribution in [1.82, 2.24) is 14.8 Å². The molecule has 2 heterocycles. The Bertz CT molecular complexity index is 956. The van der Waals surface area contributed by atoms with Crippen molar-refractivity contribution >= 4 is 35.2 Å². The molecule has 0 radical (unpaired) electrons. The van der Waals surface area contributed by atoms with E-state index < -0.39 is 11.8 Å². The average molecular weight is 365 g/mol. The molecule has 1 N–H and O–H groups in total. The number of aryl methyl sites for hydroxylation is 1. The predicted molar refractivity (Wildman–Crippen MR) is 106 cm³/mol. The maximum atomic E-state index is 12.7. The normalized spacial score (nSPS) is 16.2. The van der Waals surface area contributed by atoms with Crippen LogP contribution in [0, 0.1) is 13.8 Å². The van der Waals surface area contributed by atoms with E-state index in [0.717, 1.165) is 16.9 Å². The van der Waals surface area contributed by atoms with Gasteiger partial charge in [-0.15, -0.1) is 6.58 Å². The highest BCUT2D eigenvalue weighted by atomic mass is 32.1. The summed E-state index contributed by atoms with van der Waals surface area (Å²) >= 11 is 5.07. The van der Waals surface area contributed by atoms with Crippen LogP contribution in [0.4, 0.5) is 0 Å². The van der Waals surface area contributed by atoms with E-state index in [0.29, 0.717) is 0 Å². The lowest BCUT2D eigenvalue weighted by Gasteiger charge is -2.27. The first-order valence-electron chi connectivity index (χ1n) is 8.17. The van der Waals surface area contributed by atoms with Crippen LogP contribution in [0.5, 0.6) is 0 Å². The second-order valence-corrected chi connectivity index (χ2v) is 6.43. The van der Waals surface area contributed by atoms with E-state index in [2.05, 4.69) is 11.9 Å². The molecular formula is C20H19N3O2S. The fourth-order valence-corrected chi connectivity index (χ4v) is 3.11. The standard InChI is InChI=1S/C20H19N3O2S/c1-4-10-23-19(25)16(18(24)21-20(23)26)12-15-8-6-11-22(15)17-9-5-7-13(2)14(17)3/h4-9,11-12H,1,10H2,2-3H3,(H,21,24,26)/b16-12+. The van der Waals surface area contributed by atoms with Gasteiger partial charge >= 0.3 is 0 Å². The number of carbonyl (C=O) groups excluding carboxylic acids is 2. The molecule has 0 bridgehead atoms. The van der Waals surface area contributed by atoms with Crippen LogP contribution in [-0.2, 0) is 9.59 Å². The number of nitrogens with zero attached hydrogens (tertiary/aromatic N) is 2. The molecule has 0 aliphatic carbocycles. The van der Waals surface area contributed by atoms with E-state index in [4.69, 9.17) is 12.2 Å². The number of thiocarbonyl (C=S) groups is 1. The van der Waals surface area contributed by atoms with Gasteiger partial charge in [0.2, 0.25) is 0 Å². The number of aromatic nitrogens is 1. The Kier molecular flexibility index (Phi) is 4.86. The maximum absolute atomic E-state index is 12.7. The Morgan fingerprint density at radius 3 is 2.69 bits per heavy atom. The summed E-state index contributed by atoms with van der Waals surface area (Å²) in [5, 5.41) is 2.66. The van der Waals surface area contributed by atoms with Gasteiger partial charge in [-0.3, -0.25) is 19.8 Å². The van der Waals surface area contributed by atoms with Crippen molar-refractivity contribution in [3.8, 4) is 5.69 Å². The van der Waals surface area contributed by atoms with Gasteiger partial charge in [0.25, 0.3) is 11.8 Å². The van der Waals surface area contributed by atoms with E-state index in [1.165, 1.54) is 10.5 Å². The molecule has 132 valence electrons. The first kappa shape index (κ1) is 17.8. The first-order chi connectivity index (χ1) is 12.4. The molecule has 5 nitrogen and oxygen atoms in total. The molecule has 2 aromatic rings. The lowest BCUT2D eigenvalue weighted by atomic mass is 10.1. The third-order valence-corrected chi connectivity index (χ3v) is 4.73. The minimum Gasteiger partial charge on any atom is -0.317 e. The second kappa shape index (κ2) is 7.09. The minimum absolute atomic E-state index is 0.0470. The summed E-state index contributed by atoms with van der Waals surface area (Å²) in [6.07, 6.45) is 5.07. The van der Waals surface area contributed by atoms with Crippen LogP contribution in [0.3, 0.4) is 0 Å². The number of benzene rings is 1. The Morgan fingerprint density at radius 2 is 1.96 bits per heavy atom. The third kappa shape index (κ3) is 3.11. The molecule has 1 aromatic carbocycles. The fraction of sp³-hybridized carbons (Fsp3) is 0.150.